The van der Waals surface area contributed by atoms with E-state index in [-0.39, 0.29) is 17.6 Å². The van der Waals surface area contributed by atoms with Crippen molar-refractivity contribution in [3.05, 3.63) is 77.6 Å². The first kappa shape index (κ1) is 19.5. The van der Waals surface area contributed by atoms with Gasteiger partial charge in [0, 0.05) is 11.3 Å². The number of nitrogens with zero attached hydrogens (tertiary/aromatic N) is 4. The minimum absolute atomic E-state index is 0.0367. The fourth-order valence-corrected chi connectivity index (χ4v) is 3.25. The summed E-state index contributed by atoms with van der Waals surface area (Å²) in [7, 11) is 0. The van der Waals surface area contributed by atoms with Gasteiger partial charge in [0.05, 0.1) is 23.1 Å². The van der Waals surface area contributed by atoms with Gasteiger partial charge in [0.15, 0.2) is 5.82 Å². The number of H-pyrrole nitrogens is 1. The summed E-state index contributed by atoms with van der Waals surface area (Å²) in [5.74, 6) is 0.802. The lowest BCUT2D eigenvalue weighted by Crippen LogP contribution is -2.15. The Kier molecular flexibility index (Phi) is 5.14. The molecule has 1 amide bonds. The number of halogens is 1. The van der Waals surface area contributed by atoms with E-state index in [0.29, 0.717) is 22.8 Å². The predicted octanol–water partition coefficient (Wildman–Crippen LogP) is 4.48. The van der Waals surface area contributed by atoms with Crippen LogP contribution in [0.15, 0.2) is 54.7 Å². The Hall–Kier alpha value is -3.81. The van der Waals surface area contributed by atoms with Gasteiger partial charge >= 0.3 is 0 Å². The third kappa shape index (κ3) is 3.84. The smallest absolute Gasteiger partial charge is 0.259 e. The molecule has 0 unspecified atom stereocenters. The van der Waals surface area contributed by atoms with Crippen LogP contribution in [-0.4, -0.2) is 30.9 Å². The second-order valence-corrected chi connectivity index (χ2v) is 7.26. The molecule has 0 aliphatic heterocycles. The molecule has 0 radical (unpaired) electrons. The first-order valence-corrected chi connectivity index (χ1v) is 9.57. The summed E-state index contributed by atoms with van der Waals surface area (Å²) in [4.78, 5) is 17.2. The van der Waals surface area contributed by atoms with Crippen LogP contribution in [0.4, 0.5) is 10.1 Å². The molecule has 2 N–H and O–H groups in total. The summed E-state index contributed by atoms with van der Waals surface area (Å²) in [6, 6.07) is 13.3. The fourth-order valence-electron chi connectivity index (χ4n) is 3.25. The maximum atomic E-state index is 13.3. The number of aromatic nitrogens is 5. The van der Waals surface area contributed by atoms with Crippen LogP contribution in [0.2, 0.25) is 0 Å². The zero-order chi connectivity index (χ0) is 21.3. The second kappa shape index (κ2) is 7.90. The molecule has 2 aromatic carbocycles. The number of carbonyl (C=O) groups excluding carboxylic acids is 1. The molecule has 4 rings (SSSR count). The molecule has 0 aliphatic rings. The number of hydrogen-bond acceptors (Lipinski definition) is 4. The van der Waals surface area contributed by atoms with Crippen molar-refractivity contribution in [2.45, 2.75) is 26.7 Å². The van der Waals surface area contributed by atoms with E-state index < -0.39 is 0 Å². The molecule has 30 heavy (non-hydrogen) atoms. The highest BCUT2D eigenvalue weighted by Gasteiger charge is 2.21. The van der Waals surface area contributed by atoms with Crippen LogP contribution in [0.5, 0.6) is 0 Å². The molecule has 0 saturated carbocycles. The molecule has 152 valence electrons. The van der Waals surface area contributed by atoms with Crippen LogP contribution < -0.4 is 5.32 Å². The summed E-state index contributed by atoms with van der Waals surface area (Å²) in [6.07, 6.45) is 1.54. The predicted molar refractivity (Wildman–Crippen MR) is 112 cm³/mol. The molecule has 0 atom stereocenters. The number of benzene rings is 2. The van der Waals surface area contributed by atoms with E-state index in [1.165, 1.54) is 12.1 Å². The Bertz CT molecular complexity index is 1180. The molecule has 7 nitrogen and oxygen atoms in total. The summed E-state index contributed by atoms with van der Waals surface area (Å²) in [6.45, 7) is 5.81. The lowest BCUT2D eigenvalue weighted by molar-refractivity contribution is 0.102. The van der Waals surface area contributed by atoms with Gasteiger partial charge in [0.2, 0.25) is 0 Å². The average Bonchev–Trinajstić information content (AvgIpc) is 3.36. The molecule has 0 bridgehead atoms. The number of anilines is 1. The number of hydrogen-bond donors (Lipinski definition) is 2. The van der Waals surface area contributed by atoms with Crippen molar-refractivity contribution < 1.29 is 9.18 Å². The largest absolute Gasteiger partial charge is 0.322 e. The summed E-state index contributed by atoms with van der Waals surface area (Å²) in [5, 5.41) is 14.2. The van der Waals surface area contributed by atoms with Gasteiger partial charge in [-0.3, -0.25) is 9.89 Å². The Morgan fingerprint density at radius 1 is 1.10 bits per heavy atom. The van der Waals surface area contributed by atoms with Gasteiger partial charge in [0.1, 0.15) is 11.6 Å². The number of rotatable bonds is 5. The minimum Gasteiger partial charge on any atom is -0.322 e. The maximum Gasteiger partial charge on any atom is 0.259 e. The van der Waals surface area contributed by atoms with Crippen molar-refractivity contribution in [2.75, 3.05) is 5.32 Å². The molecule has 0 aliphatic carbocycles. The van der Waals surface area contributed by atoms with E-state index in [4.69, 9.17) is 0 Å². The number of amides is 1. The van der Waals surface area contributed by atoms with Gasteiger partial charge in [-0.05, 0) is 61.4 Å². The Morgan fingerprint density at radius 3 is 2.40 bits per heavy atom. The molecular weight excluding hydrogens is 383 g/mol. The third-order valence-corrected chi connectivity index (χ3v) is 4.67. The summed E-state index contributed by atoms with van der Waals surface area (Å²) >= 11 is 0. The van der Waals surface area contributed by atoms with E-state index in [1.54, 1.807) is 35.1 Å². The number of carbonyl (C=O) groups is 1. The van der Waals surface area contributed by atoms with Gasteiger partial charge in [-0.1, -0.05) is 13.8 Å². The van der Waals surface area contributed by atoms with Crippen molar-refractivity contribution in [3.63, 3.8) is 0 Å². The molecule has 2 aromatic heterocycles. The molecule has 0 fully saturated rings. The highest BCUT2D eigenvalue weighted by molar-refractivity contribution is 6.05. The average molecular weight is 404 g/mol. The van der Waals surface area contributed by atoms with E-state index in [1.807, 2.05) is 32.9 Å². The Labute approximate surface area is 173 Å². The van der Waals surface area contributed by atoms with Gasteiger partial charge in [-0.25, -0.2) is 14.1 Å². The molecule has 2 heterocycles. The molecule has 0 spiro atoms. The summed E-state index contributed by atoms with van der Waals surface area (Å²) < 4.78 is 14.9. The van der Waals surface area contributed by atoms with Crippen molar-refractivity contribution in [3.8, 4) is 17.1 Å². The zero-order valence-corrected chi connectivity index (χ0v) is 16.8. The number of aromatic amines is 1. The Balaban J connectivity index is 1.58. The lowest BCUT2D eigenvalue weighted by Gasteiger charge is -2.13. The van der Waals surface area contributed by atoms with Crippen molar-refractivity contribution in [2.24, 2.45) is 0 Å². The third-order valence-electron chi connectivity index (χ3n) is 4.67. The van der Waals surface area contributed by atoms with Crippen LogP contribution in [0, 0.1) is 12.7 Å². The van der Waals surface area contributed by atoms with Crippen molar-refractivity contribution in [1.29, 1.82) is 0 Å². The van der Waals surface area contributed by atoms with Crippen LogP contribution in [0.25, 0.3) is 17.1 Å². The zero-order valence-electron chi connectivity index (χ0n) is 16.8. The first-order valence-electron chi connectivity index (χ1n) is 9.57. The van der Waals surface area contributed by atoms with Gasteiger partial charge in [0.25, 0.3) is 5.91 Å². The summed E-state index contributed by atoms with van der Waals surface area (Å²) in [5.41, 5.74) is 3.44. The monoisotopic (exact) mass is 404 g/mol. The second-order valence-electron chi connectivity index (χ2n) is 7.26. The highest BCUT2D eigenvalue weighted by atomic mass is 19.1. The van der Waals surface area contributed by atoms with E-state index in [2.05, 4.69) is 25.6 Å². The quantitative estimate of drug-likeness (QED) is 0.513. The Morgan fingerprint density at radius 2 is 1.80 bits per heavy atom. The molecule has 4 aromatic rings. The normalized spacial score (nSPS) is 11.1. The van der Waals surface area contributed by atoms with Gasteiger partial charge < -0.3 is 5.32 Å². The van der Waals surface area contributed by atoms with Crippen LogP contribution in [0.1, 0.15) is 41.6 Å². The fraction of sp³-hybridized carbons (Fsp3) is 0.182. The van der Waals surface area contributed by atoms with E-state index in [9.17, 15) is 9.18 Å². The topological polar surface area (TPSA) is 88.5 Å². The van der Waals surface area contributed by atoms with Crippen LogP contribution in [0.3, 0.4) is 0 Å². The van der Waals surface area contributed by atoms with E-state index in [0.717, 1.165) is 17.1 Å². The molecular formula is C22H21FN6O. The molecule has 8 heteroatoms. The minimum atomic E-state index is -0.321. The number of aryl methyl sites for hydroxylation is 1. The SMILES string of the molecule is Cc1nc(-c2ccc(NC(=O)c3cnn(-c4ccc(F)cc4)c3C(C)C)cc2)n[nH]1. The highest BCUT2D eigenvalue weighted by Crippen LogP contribution is 2.25. The maximum absolute atomic E-state index is 13.3. The lowest BCUT2D eigenvalue weighted by atomic mass is 10.0. The van der Waals surface area contributed by atoms with Gasteiger partial charge in [-0.2, -0.15) is 10.2 Å². The van der Waals surface area contributed by atoms with Crippen molar-refractivity contribution >= 4 is 11.6 Å². The molecule has 0 saturated heterocycles. The van der Waals surface area contributed by atoms with Crippen molar-refractivity contribution in [1.82, 2.24) is 25.0 Å². The number of nitrogens with one attached hydrogen (secondary N) is 2. The van der Waals surface area contributed by atoms with Crippen LogP contribution >= 0.6 is 0 Å². The standard InChI is InChI=1S/C22H21FN6O/c1-13(2)20-19(12-24-29(20)18-10-6-16(23)7-11-18)22(30)26-17-8-4-15(5-9-17)21-25-14(3)27-28-21/h4-13H,1-3H3,(H,26,30)(H,25,27,28). The van der Waals surface area contributed by atoms with Gasteiger partial charge in [-0.15, -0.1) is 0 Å². The van der Waals surface area contributed by atoms with E-state index >= 15 is 0 Å². The first-order chi connectivity index (χ1) is 14.4. The van der Waals surface area contributed by atoms with Crippen LogP contribution in [-0.2, 0) is 0 Å².